The second-order valence-electron chi connectivity index (χ2n) is 5.84. The SMILES string of the molecule is CN=C(NCC(=O)NC1CC1)N1CCSC(C(C)C)C1.I. The largest absolute Gasteiger partial charge is 0.352 e. The fourth-order valence-corrected chi connectivity index (χ4v) is 3.57. The van der Waals surface area contributed by atoms with Crippen LogP contribution in [0.3, 0.4) is 0 Å². The summed E-state index contributed by atoms with van der Waals surface area (Å²) in [6.07, 6.45) is 2.25. The quantitative estimate of drug-likeness (QED) is 0.407. The molecular formula is C14H27IN4OS. The predicted octanol–water partition coefficient (Wildman–Crippen LogP) is 1.53. The molecule has 0 aromatic heterocycles. The Balaban J connectivity index is 0.00000220. The average molecular weight is 426 g/mol. The molecule has 1 atom stereocenters. The van der Waals surface area contributed by atoms with Gasteiger partial charge in [0, 0.05) is 37.2 Å². The van der Waals surface area contributed by atoms with Crippen LogP contribution in [0.5, 0.6) is 0 Å². The first-order chi connectivity index (χ1) is 9.60. The maximum absolute atomic E-state index is 11.7. The molecule has 1 aliphatic heterocycles. The Hall–Kier alpha value is -0.180. The van der Waals surface area contributed by atoms with E-state index in [0.29, 0.717) is 23.8 Å². The van der Waals surface area contributed by atoms with Gasteiger partial charge in [-0.15, -0.1) is 24.0 Å². The molecule has 0 aromatic rings. The van der Waals surface area contributed by atoms with Gasteiger partial charge in [-0.05, 0) is 18.8 Å². The first-order valence-electron chi connectivity index (χ1n) is 7.46. The van der Waals surface area contributed by atoms with Crippen LogP contribution in [-0.2, 0) is 4.79 Å². The molecular weight excluding hydrogens is 399 g/mol. The van der Waals surface area contributed by atoms with Gasteiger partial charge < -0.3 is 15.5 Å². The van der Waals surface area contributed by atoms with Gasteiger partial charge in [-0.1, -0.05) is 13.8 Å². The molecule has 1 amide bonds. The van der Waals surface area contributed by atoms with Gasteiger partial charge in [0.1, 0.15) is 0 Å². The molecule has 2 rings (SSSR count). The van der Waals surface area contributed by atoms with E-state index in [1.165, 1.54) is 0 Å². The number of nitrogens with zero attached hydrogens (tertiary/aromatic N) is 2. The summed E-state index contributed by atoms with van der Waals surface area (Å²) in [7, 11) is 1.78. The lowest BCUT2D eigenvalue weighted by Crippen LogP contribution is -2.51. The smallest absolute Gasteiger partial charge is 0.239 e. The van der Waals surface area contributed by atoms with Gasteiger partial charge in [0.15, 0.2) is 5.96 Å². The molecule has 1 unspecified atom stereocenters. The minimum atomic E-state index is 0. The molecule has 2 fully saturated rings. The van der Waals surface area contributed by atoms with Crippen LogP contribution >= 0.6 is 35.7 Å². The minimum absolute atomic E-state index is 0. The third kappa shape index (κ3) is 6.22. The number of halogens is 1. The van der Waals surface area contributed by atoms with Gasteiger partial charge in [0.05, 0.1) is 6.54 Å². The van der Waals surface area contributed by atoms with Crippen molar-refractivity contribution in [1.82, 2.24) is 15.5 Å². The second-order valence-corrected chi connectivity index (χ2v) is 7.19. The summed E-state index contributed by atoms with van der Waals surface area (Å²) in [5.74, 6) is 2.71. The van der Waals surface area contributed by atoms with Gasteiger partial charge >= 0.3 is 0 Å². The van der Waals surface area contributed by atoms with Gasteiger partial charge in [0.2, 0.25) is 5.91 Å². The second kappa shape index (κ2) is 9.07. The number of nitrogens with one attached hydrogen (secondary N) is 2. The molecule has 122 valence electrons. The van der Waals surface area contributed by atoms with Crippen molar-refractivity contribution in [1.29, 1.82) is 0 Å². The van der Waals surface area contributed by atoms with Crippen LogP contribution in [0.2, 0.25) is 0 Å². The van der Waals surface area contributed by atoms with Crippen molar-refractivity contribution in [3.05, 3.63) is 0 Å². The number of aliphatic imine (C=N–C) groups is 1. The van der Waals surface area contributed by atoms with Crippen LogP contribution in [0.4, 0.5) is 0 Å². The summed E-state index contributed by atoms with van der Waals surface area (Å²) in [5, 5.41) is 6.81. The monoisotopic (exact) mass is 426 g/mol. The predicted molar refractivity (Wildman–Crippen MR) is 101 cm³/mol. The Morgan fingerprint density at radius 3 is 2.71 bits per heavy atom. The highest BCUT2D eigenvalue weighted by molar-refractivity contribution is 14.0. The maximum Gasteiger partial charge on any atom is 0.239 e. The summed E-state index contributed by atoms with van der Waals surface area (Å²) < 4.78 is 0. The summed E-state index contributed by atoms with van der Waals surface area (Å²) in [6, 6.07) is 0.419. The fraction of sp³-hybridized carbons (Fsp3) is 0.857. The van der Waals surface area contributed by atoms with Crippen LogP contribution in [0, 0.1) is 5.92 Å². The minimum Gasteiger partial charge on any atom is -0.352 e. The summed E-state index contributed by atoms with van der Waals surface area (Å²) in [4.78, 5) is 18.3. The summed E-state index contributed by atoms with van der Waals surface area (Å²) in [6.45, 7) is 6.85. The van der Waals surface area contributed by atoms with E-state index in [2.05, 4.69) is 34.4 Å². The van der Waals surface area contributed by atoms with Crippen molar-refractivity contribution in [2.45, 2.75) is 38.0 Å². The van der Waals surface area contributed by atoms with Crippen LogP contribution in [0.25, 0.3) is 0 Å². The molecule has 1 saturated heterocycles. The van der Waals surface area contributed by atoms with E-state index < -0.39 is 0 Å². The van der Waals surface area contributed by atoms with E-state index in [1.807, 2.05) is 11.8 Å². The van der Waals surface area contributed by atoms with Crippen LogP contribution in [0.15, 0.2) is 4.99 Å². The highest BCUT2D eigenvalue weighted by Crippen LogP contribution is 2.24. The molecule has 1 saturated carbocycles. The lowest BCUT2D eigenvalue weighted by molar-refractivity contribution is -0.120. The van der Waals surface area contributed by atoms with Crippen LogP contribution in [-0.4, -0.2) is 60.5 Å². The lowest BCUT2D eigenvalue weighted by atomic mass is 10.1. The number of rotatable bonds is 4. The van der Waals surface area contributed by atoms with Gasteiger partial charge in [-0.25, -0.2) is 0 Å². The first-order valence-corrected chi connectivity index (χ1v) is 8.51. The molecule has 0 radical (unpaired) electrons. The number of guanidine groups is 1. The zero-order valence-electron chi connectivity index (χ0n) is 13.1. The van der Waals surface area contributed by atoms with Gasteiger partial charge in [0.25, 0.3) is 0 Å². The molecule has 0 aromatic carbocycles. The average Bonchev–Trinajstić information content (AvgIpc) is 3.23. The van der Waals surface area contributed by atoms with Crippen molar-refractivity contribution in [3.8, 4) is 0 Å². The molecule has 2 aliphatic rings. The lowest BCUT2D eigenvalue weighted by Gasteiger charge is -2.36. The highest BCUT2D eigenvalue weighted by Gasteiger charge is 2.26. The van der Waals surface area contributed by atoms with E-state index in [4.69, 9.17) is 0 Å². The first kappa shape index (κ1) is 18.9. The molecule has 1 heterocycles. The van der Waals surface area contributed by atoms with E-state index in [1.54, 1.807) is 7.05 Å². The van der Waals surface area contributed by atoms with E-state index >= 15 is 0 Å². The Kier molecular flexibility index (Phi) is 8.15. The maximum atomic E-state index is 11.7. The van der Waals surface area contributed by atoms with Crippen molar-refractivity contribution < 1.29 is 4.79 Å². The fourth-order valence-electron chi connectivity index (χ4n) is 2.27. The summed E-state index contributed by atoms with van der Waals surface area (Å²) >= 11 is 2.04. The number of hydrogen-bond donors (Lipinski definition) is 2. The van der Waals surface area contributed by atoms with Crippen molar-refractivity contribution in [3.63, 3.8) is 0 Å². The molecule has 0 spiro atoms. The molecule has 21 heavy (non-hydrogen) atoms. The van der Waals surface area contributed by atoms with Crippen molar-refractivity contribution >= 4 is 47.6 Å². The molecule has 0 bridgehead atoms. The molecule has 7 heteroatoms. The zero-order valence-corrected chi connectivity index (χ0v) is 16.2. The molecule has 5 nitrogen and oxygen atoms in total. The highest BCUT2D eigenvalue weighted by atomic mass is 127. The summed E-state index contributed by atoms with van der Waals surface area (Å²) in [5.41, 5.74) is 0. The topological polar surface area (TPSA) is 56.7 Å². The number of carbonyl (C=O) groups is 1. The Labute approximate surface area is 149 Å². The van der Waals surface area contributed by atoms with Crippen molar-refractivity contribution in [2.24, 2.45) is 10.9 Å². The number of amides is 1. The van der Waals surface area contributed by atoms with Crippen LogP contribution in [0.1, 0.15) is 26.7 Å². The third-order valence-electron chi connectivity index (χ3n) is 3.70. The van der Waals surface area contributed by atoms with E-state index in [9.17, 15) is 4.79 Å². The Bertz CT molecular complexity index is 374. The number of thioether (sulfide) groups is 1. The van der Waals surface area contributed by atoms with Gasteiger partial charge in [-0.2, -0.15) is 11.8 Å². The Morgan fingerprint density at radius 2 is 2.14 bits per heavy atom. The molecule has 1 aliphatic carbocycles. The van der Waals surface area contributed by atoms with Gasteiger partial charge in [-0.3, -0.25) is 9.79 Å². The third-order valence-corrected chi connectivity index (χ3v) is 5.24. The Morgan fingerprint density at radius 1 is 1.43 bits per heavy atom. The van der Waals surface area contributed by atoms with Crippen LogP contribution < -0.4 is 10.6 Å². The van der Waals surface area contributed by atoms with E-state index in [0.717, 1.165) is 37.6 Å². The van der Waals surface area contributed by atoms with Crippen molar-refractivity contribution in [2.75, 3.05) is 32.4 Å². The number of carbonyl (C=O) groups excluding carboxylic acids is 1. The number of hydrogen-bond acceptors (Lipinski definition) is 3. The van der Waals surface area contributed by atoms with E-state index in [-0.39, 0.29) is 29.9 Å². The molecule has 2 N–H and O–H groups in total. The normalized spacial score (nSPS) is 22.8. The standard InChI is InChI=1S/C14H26N4OS.HI/c1-10(2)12-9-18(6-7-20-12)14(15-3)16-8-13(19)17-11-4-5-11;/h10-12H,4-9H2,1-3H3,(H,15,16)(H,17,19);1H. The zero-order chi connectivity index (χ0) is 14.5.